The molecule has 4 rings (SSSR count). The third-order valence-electron chi connectivity index (χ3n) is 5.76. The van der Waals surface area contributed by atoms with Gasteiger partial charge in [-0.1, -0.05) is 41.9 Å². The third-order valence-corrected chi connectivity index (χ3v) is 6.13. The average Bonchev–Trinajstić information content (AvgIpc) is 2.88. The van der Waals surface area contributed by atoms with Crippen molar-refractivity contribution in [3.63, 3.8) is 0 Å². The molecule has 3 aromatic rings. The number of nitro benzene ring substituents is 1. The largest absolute Gasteiger partial charge is 0.488 e. The minimum Gasteiger partial charge on any atom is -0.488 e. The van der Waals surface area contributed by atoms with Gasteiger partial charge >= 0.3 is 0 Å². The van der Waals surface area contributed by atoms with Crippen molar-refractivity contribution in [2.45, 2.75) is 25.9 Å². The standard InChI is InChI=1S/C26H25ClN4O4/c27-23-10-4-2-8-19(23)18-35-25-11-5-3-9-22(25)26(32)29-28-17-20-16-21(31(33)34)12-13-24(20)30-14-6-1-7-15-30/h2-5,8-13,16-17H,1,6-7,14-15,18H2,(H,29,32)/b28-17+. The number of nitrogens with zero attached hydrogens (tertiary/aromatic N) is 3. The van der Waals surface area contributed by atoms with Gasteiger partial charge in [-0.25, -0.2) is 5.43 Å². The lowest BCUT2D eigenvalue weighted by Gasteiger charge is -2.29. The molecule has 3 aromatic carbocycles. The van der Waals surface area contributed by atoms with Gasteiger partial charge in [0.2, 0.25) is 0 Å². The van der Waals surface area contributed by atoms with E-state index in [9.17, 15) is 14.9 Å². The number of ether oxygens (including phenoxy) is 1. The Morgan fingerprint density at radius 1 is 1.09 bits per heavy atom. The summed E-state index contributed by atoms with van der Waals surface area (Å²) in [4.78, 5) is 25.9. The van der Waals surface area contributed by atoms with Crippen molar-refractivity contribution in [2.75, 3.05) is 18.0 Å². The smallest absolute Gasteiger partial charge is 0.275 e. The number of non-ortho nitro benzene ring substituents is 1. The van der Waals surface area contributed by atoms with Crippen LogP contribution in [0.4, 0.5) is 11.4 Å². The van der Waals surface area contributed by atoms with Crippen LogP contribution in [-0.4, -0.2) is 30.1 Å². The minimum absolute atomic E-state index is 0.0307. The van der Waals surface area contributed by atoms with Gasteiger partial charge in [0.25, 0.3) is 11.6 Å². The summed E-state index contributed by atoms with van der Waals surface area (Å²) in [7, 11) is 0. The molecule has 1 aliphatic heterocycles. The topological polar surface area (TPSA) is 97.1 Å². The molecular formula is C26H25ClN4O4. The lowest BCUT2D eigenvalue weighted by atomic mass is 10.1. The van der Waals surface area contributed by atoms with E-state index in [2.05, 4.69) is 15.4 Å². The SMILES string of the molecule is O=C(N/N=C/c1cc([N+](=O)[O-])ccc1N1CCCCC1)c1ccccc1OCc1ccccc1Cl. The van der Waals surface area contributed by atoms with E-state index in [-0.39, 0.29) is 12.3 Å². The Morgan fingerprint density at radius 2 is 1.83 bits per heavy atom. The highest BCUT2D eigenvalue weighted by Crippen LogP contribution is 2.27. The number of nitrogens with one attached hydrogen (secondary N) is 1. The second kappa shape index (κ2) is 11.5. The van der Waals surface area contributed by atoms with E-state index in [0.717, 1.165) is 37.2 Å². The lowest BCUT2D eigenvalue weighted by Crippen LogP contribution is -2.30. The second-order valence-electron chi connectivity index (χ2n) is 8.12. The molecular weight excluding hydrogens is 468 g/mol. The van der Waals surface area contributed by atoms with Gasteiger partial charge in [-0.2, -0.15) is 5.10 Å². The predicted molar refractivity (Wildman–Crippen MR) is 136 cm³/mol. The Morgan fingerprint density at radius 3 is 2.60 bits per heavy atom. The van der Waals surface area contributed by atoms with E-state index in [0.29, 0.717) is 21.9 Å². The zero-order valence-electron chi connectivity index (χ0n) is 19.0. The summed E-state index contributed by atoms with van der Waals surface area (Å²) >= 11 is 6.20. The summed E-state index contributed by atoms with van der Waals surface area (Å²) in [5.74, 6) is -0.0644. The first kappa shape index (κ1) is 24.2. The Labute approximate surface area is 208 Å². The molecule has 0 unspecified atom stereocenters. The highest BCUT2D eigenvalue weighted by Gasteiger charge is 2.17. The Kier molecular flexibility index (Phi) is 7.95. The molecule has 0 aromatic heterocycles. The Bertz CT molecular complexity index is 1240. The van der Waals surface area contributed by atoms with Crippen molar-refractivity contribution < 1.29 is 14.5 Å². The number of benzene rings is 3. The second-order valence-corrected chi connectivity index (χ2v) is 8.53. The van der Waals surface area contributed by atoms with E-state index in [1.807, 2.05) is 18.2 Å². The van der Waals surface area contributed by atoms with Crippen molar-refractivity contribution in [3.8, 4) is 5.75 Å². The number of anilines is 1. The summed E-state index contributed by atoms with van der Waals surface area (Å²) in [5, 5.41) is 16.0. The number of halogens is 1. The number of piperidine rings is 1. The van der Waals surface area contributed by atoms with Crippen molar-refractivity contribution in [1.82, 2.24) is 5.43 Å². The van der Waals surface area contributed by atoms with Crippen LogP contribution in [0.2, 0.25) is 5.02 Å². The van der Waals surface area contributed by atoms with Crippen LogP contribution in [0.1, 0.15) is 40.7 Å². The van der Waals surface area contributed by atoms with Gasteiger partial charge in [0.05, 0.1) is 16.7 Å². The maximum absolute atomic E-state index is 12.8. The predicted octanol–water partition coefficient (Wildman–Crippen LogP) is 5.58. The van der Waals surface area contributed by atoms with Crippen LogP contribution in [0.5, 0.6) is 5.75 Å². The maximum Gasteiger partial charge on any atom is 0.275 e. The van der Waals surface area contributed by atoms with Crippen LogP contribution in [0, 0.1) is 10.1 Å². The van der Waals surface area contributed by atoms with Gasteiger partial charge in [0.1, 0.15) is 12.4 Å². The first-order chi connectivity index (χ1) is 17.0. The minimum atomic E-state index is -0.457. The average molecular weight is 493 g/mol. The molecule has 0 aliphatic carbocycles. The number of hydrogen-bond acceptors (Lipinski definition) is 6. The molecule has 1 fully saturated rings. The number of nitro groups is 1. The fourth-order valence-corrected chi connectivity index (χ4v) is 4.14. The van der Waals surface area contributed by atoms with Gasteiger partial charge < -0.3 is 9.64 Å². The fraction of sp³-hybridized carbons (Fsp3) is 0.231. The number of hydrogen-bond donors (Lipinski definition) is 1. The van der Waals surface area contributed by atoms with Crippen LogP contribution in [0.15, 0.2) is 71.8 Å². The highest BCUT2D eigenvalue weighted by atomic mass is 35.5. The molecule has 1 amide bonds. The van der Waals surface area contributed by atoms with Crippen LogP contribution < -0.4 is 15.1 Å². The number of carbonyl (C=O) groups is 1. The molecule has 1 heterocycles. The lowest BCUT2D eigenvalue weighted by molar-refractivity contribution is -0.384. The van der Waals surface area contributed by atoms with Crippen LogP contribution >= 0.6 is 11.6 Å². The van der Waals surface area contributed by atoms with Crippen LogP contribution in [-0.2, 0) is 6.61 Å². The molecule has 0 atom stereocenters. The number of para-hydroxylation sites is 1. The van der Waals surface area contributed by atoms with Gasteiger partial charge in [-0.15, -0.1) is 0 Å². The molecule has 0 saturated carbocycles. The van der Waals surface area contributed by atoms with E-state index in [1.54, 1.807) is 36.4 Å². The van der Waals surface area contributed by atoms with Crippen LogP contribution in [0.25, 0.3) is 0 Å². The quantitative estimate of drug-likeness (QED) is 0.251. The highest BCUT2D eigenvalue weighted by molar-refractivity contribution is 6.31. The summed E-state index contributed by atoms with van der Waals surface area (Å²) in [6.07, 6.45) is 4.74. The van der Waals surface area contributed by atoms with Crippen molar-refractivity contribution in [2.24, 2.45) is 5.10 Å². The van der Waals surface area contributed by atoms with Crippen molar-refractivity contribution >= 4 is 35.1 Å². The molecule has 8 nitrogen and oxygen atoms in total. The van der Waals surface area contributed by atoms with E-state index in [4.69, 9.17) is 16.3 Å². The summed E-state index contributed by atoms with van der Waals surface area (Å²) in [6, 6.07) is 18.9. The molecule has 1 saturated heterocycles. The molecule has 1 N–H and O–H groups in total. The number of amides is 1. The van der Waals surface area contributed by atoms with Gasteiger partial charge in [-0.05, 0) is 43.5 Å². The molecule has 9 heteroatoms. The van der Waals surface area contributed by atoms with Crippen LogP contribution in [0.3, 0.4) is 0 Å². The molecule has 0 bridgehead atoms. The molecule has 35 heavy (non-hydrogen) atoms. The molecule has 0 radical (unpaired) electrons. The summed E-state index contributed by atoms with van der Waals surface area (Å²) in [6.45, 7) is 1.96. The van der Waals surface area contributed by atoms with Gasteiger partial charge in [0, 0.05) is 47.1 Å². The van der Waals surface area contributed by atoms with Gasteiger partial charge in [0.15, 0.2) is 0 Å². The zero-order valence-corrected chi connectivity index (χ0v) is 19.8. The number of rotatable bonds is 8. The van der Waals surface area contributed by atoms with E-state index < -0.39 is 10.8 Å². The molecule has 1 aliphatic rings. The molecule has 180 valence electrons. The van der Waals surface area contributed by atoms with Crippen molar-refractivity contribution in [1.29, 1.82) is 0 Å². The number of carbonyl (C=O) groups excluding carboxylic acids is 1. The summed E-state index contributed by atoms with van der Waals surface area (Å²) in [5.41, 5.74) is 5.03. The van der Waals surface area contributed by atoms with Crippen molar-refractivity contribution in [3.05, 3.63) is 98.6 Å². The zero-order chi connectivity index (χ0) is 24.6. The Balaban J connectivity index is 1.49. The maximum atomic E-state index is 12.8. The first-order valence-corrected chi connectivity index (χ1v) is 11.7. The van der Waals surface area contributed by atoms with Gasteiger partial charge in [-0.3, -0.25) is 14.9 Å². The fourth-order valence-electron chi connectivity index (χ4n) is 3.95. The first-order valence-electron chi connectivity index (χ1n) is 11.3. The normalized spacial score (nSPS) is 13.6. The van der Waals surface area contributed by atoms with E-state index >= 15 is 0 Å². The number of hydrazone groups is 1. The third kappa shape index (κ3) is 6.16. The monoisotopic (exact) mass is 492 g/mol. The Hall–Kier alpha value is -3.91. The molecule has 0 spiro atoms. The van der Waals surface area contributed by atoms with E-state index in [1.165, 1.54) is 24.8 Å². The summed E-state index contributed by atoms with van der Waals surface area (Å²) < 4.78 is 5.85.